The van der Waals surface area contributed by atoms with Crippen LogP contribution in [0, 0.1) is 0 Å². The van der Waals surface area contributed by atoms with E-state index in [0.29, 0.717) is 12.4 Å². The predicted octanol–water partition coefficient (Wildman–Crippen LogP) is 5.09. The fraction of sp³-hybridized carbons (Fsp3) is 0.350. The summed E-state index contributed by atoms with van der Waals surface area (Å²) in [6.07, 6.45) is 4.25. The number of thiophene rings is 1. The second kappa shape index (κ2) is 7.89. The first kappa shape index (κ1) is 18.9. The number of carbonyl (C=O) groups is 1. The molecule has 4 rings (SSSR count). The monoisotopic (exact) mass is 462 g/mol. The number of hydrogen-bond acceptors (Lipinski definition) is 5. The Hall–Kier alpha value is -1.44. The van der Waals surface area contributed by atoms with Gasteiger partial charge in [0.1, 0.15) is 4.83 Å². The first-order valence-electron chi connectivity index (χ1n) is 9.05. The zero-order chi connectivity index (χ0) is 19.0. The molecular weight excluding hydrogens is 444 g/mol. The zero-order valence-electron chi connectivity index (χ0n) is 15.0. The second-order valence-electron chi connectivity index (χ2n) is 6.54. The molecule has 0 unspecified atom stereocenters. The first-order valence-corrected chi connectivity index (χ1v) is 11.6. The van der Waals surface area contributed by atoms with Crippen molar-refractivity contribution in [3.05, 3.63) is 55.4 Å². The van der Waals surface area contributed by atoms with E-state index in [0.717, 1.165) is 45.3 Å². The van der Waals surface area contributed by atoms with Crippen molar-refractivity contribution in [1.29, 1.82) is 0 Å². The van der Waals surface area contributed by atoms with E-state index < -0.39 is 0 Å². The standard InChI is InChI=1S/C20H19BrN2O2S2/c1-2-23-18(15(24)11-26-13-9-7-12(21)8-10-13)22-19-17(20(23)25)14-5-3-4-6-16(14)27-19/h7-10H,2-6,11H2,1H3. The normalized spacial score (nSPS) is 13.7. The molecule has 0 fully saturated rings. The van der Waals surface area contributed by atoms with Crippen LogP contribution < -0.4 is 5.56 Å². The summed E-state index contributed by atoms with van der Waals surface area (Å²) in [6.45, 7) is 2.35. The van der Waals surface area contributed by atoms with Gasteiger partial charge >= 0.3 is 0 Å². The number of ketones is 1. The maximum atomic E-state index is 13.1. The number of carbonyl (C=O) groups excluding carboxylic acids is 1. The van der Waals surface area contributed by atoms with Crippen LogP contribution in [-0.4, -0.2) is 21.1 Å². The van der Waals surface area contributed by atoms with Gasteiger partial charge in [0.25, 0.3) is 5.56 Å². The lowest BCUT2D eigenvalue weighted by molar-refractivity contribution is 0.100. The molecule has 0 saturated heterocycles. The highest BCUT2D eigenvalue weighted by molar-refractivity contribution is 9.10. The Kier molecular flexibility index (Phi) is 5.53. The van der Waals surface area contributed by atoms with E-state index in [4.69, 9.17) is 0 Å². The van der Waals surface area contributed by atoms with Gasteiger partial charge in [-0.2, -0.15) is 0 Å². The molecular formula is C20H19BrN2O2S2. The number of aryl methyl sites for hydroxylation is 2. The van der Waals surface area contributed by atoms with Crippen molar-refractivity contribution < 1.29 is 4.79 Å². The van der Waals surface area contributed by atoms with Gasteiger partial charge in [-0.3, -0.25) is 14.2 Å². The van der Waals surface area contributed by atoms with Crippen molar-refractivity contribution >= 4 is 55.0 Å². The van der Waals surface area contributed by atoms with E-state index in [1.165, 1.54) is 22.2 Å². The lowest BCUT2D eigenvalue weighted by atomic mass is 9.97. The Morgan fingerprint density at radius 3 is 2.74 bits per heavy atom. The van der Waals surface area contributed by atoms with Crippen LogP contribution in [0.15, 0.2) is 38.4 Å². The van der Waals surface area contributed by atoms with Crippen LogP contribution in [-0.2, 0) is 19.4 Å². The number of benzene rings is 1. The van der Waals surface area contributed by atoms with Crippen molar-refractivity contribution in [3.8, 4) is 0 Å². The summed E-state index contributed by atoms with van der Waals surface area (Å²) < 4.78 is 2.56. The minimum atomic E-state index is -0.102. The summed E-state index contributed by atoms with van der Waals surface area (Å²) in [5, 5.41) is 0.744. The number of hydrogen-bond donors (Lipinski definition) is 0. The smallest absolute Gasteiger partial charge is 0.262 e. The highest BCUT2D eigenvalue weighted by Crippen LogP contribution is 2.34. The van der Waals surface area contributed by atoms with E-state index >= 15 is 0 Å². The molecule has 0 amide bonds. The Balaban J connectivity index is 1.69. The number of rotatable bonds is 5. The number of halogens is 1. The third kappa shape index (κ3) is 3.65. The molecule has 0 spiro atoms. The van der Waals surface area contributed by atoms with Crippen molar-refractivity contribution in [3.63, 3.8) is 0 Å². The molecule has 7 heteroatoms. The van der Waals surface area contributed by atoms with Gasteiger partial charge in [-0.15, -0.1) is 23.1 Å². The highest BCUT2D eigenvalue weighted by atomic mass is 79.9. The van der Waals surface area contributed by atoms with Gasteiger partial charge in [-0.25, -0.2) is 4.98 Å². The van der Waals surface area contributed by atoms with Crippen molar-refractivity contribution in [2.24, 2.45) is 0 Å². The largest absolute Gasteiger partial charge is 0.290 e. The topological polar surface area (TPSA) is 52.0 Å². The van der Waals surface area contributed by atoms with Crippen LogP contribution in [0.5, 0.6) is 0 Å². The molecule has 4 nitrogen and oxygen atoms in total. The maximum Gasteiger partial charge on any atom is 0.262 e. The predicted molar refractivity (Wildman–Crippen MR) is 115 cm³/mol. The summed E-state index contributed by atoms with van der Waals surface area (Å²) in [6, 6.07) is 7.85. The van der Waals surface area contributed by atoms with Gasteiger partial charge in [0, 0.05) is 20.8 Å². The molecule has 0 atom stereocenters. The van der Waals surface area contributed by atoms with Gasteiger partial charge in [-0.1, -0.05) is 15.9 Å². The second-order valence-corrected chi connectivity index (χ2v) is 9.59. The van der Waals surface area contributed by atoms with Gasteiger partial charge in [-0.05, 0) is 62.4 Å². The molecule has 140 valence electrons. The van der Waals surface area contributed by atoms with Gasteiger partial charge in [0.05, 0.1) is 11.1 Å². The van der Waals surface area contributed by atoms with E-state index in [1.54, 1.807) is 15.9 Å². The third-order valence-corrected chi connectivity index (χ3v) is 7.55. The molecule has 3 aromatic rings. The average molecular weight is 463 g/mol. The number of nitrogens with zero attached hydrogens (tertiary/aromatic N) is 2. The third-order valence-electron chi connectivity index (χ3n) is 4.82. The molecule has 0 radical (unpaired) electrons. The SMILES string of the molecule is CCn1c(C(=O)CSc2ccc(Br)cc2)nc2sc3c(c2c1=O)CCCC3. The van der Waals surface area contributed by atoms with Crippen LogP contribution >= 0.6 is 39.0 Å². The minimum Gasteiger partial charge on any atom is -0.290 e. The Morgan fingerprint density at radius 2 is 2.00 bits per heavy atom. The Morgan fingerprint density at radius 1 is 1.26 bits per heavy atom. The van der Waals surface area contributed by atoms with E-state index in [9.17, 15) is 9.59 Å². The van der Waals surface area contributed by atoms with E-state index in [-0.39, 0.29) is 17.1 Å². The molecule has 1 aromatic carbocycles. The average Bonchev–Trinajstić information content (AvgIpc) is 3.06. The summed E-state index contributed by atoms with van der Waals surface area (Å²) in [5.74, 6) is 0.457. The summed E-state index contributed by atoms with van der Waals surface area (Å²) in [7, 11) is 0. The molecule has 0 N–H and O–H groups in total. The van der Waals surface area contributed by atoms with Crippen LogP contribution in [0.1, 0.15) is 40.8 Å². The summed E-state index contributed by atoms with van der Waals surface area (Å²) in [5.41, 5.74) is 1.11. The van der Waals surface area contributed by atoms with Crippen LogP contribution in [0.3, 0.4) is 0 Å². The quantitative estimate of drug-likeness (QED) is 0.391. The van der Waals surface area contributed by atoms with E-state index in [2.05, 4.69) is 20.9 Å². The van der Waals surface area contributed by atoms with Gasteiger partial charge in [0.15, 0.2) is 5.82 Å². The molecule has 0 saturated carbocycles. The fourth-order valence-electron chi connectivity index (χ4n) is 3.49. The molecule has 0 bridgehead atoms. The fourth-order valence-corrected chi connectivity index (χ4v) is 5.76. The lowest BCUT2D eigenvalue weighted by Crippen LogP contribution is -2.28. The molecule has 27 heavy (non-hydrogen) atoms. The molecule has 1 aliphatic carbocycles. The molecule has 2 heterocycles. The van der Waals surface area contributed by atoms with Gasteiger partial charge < -0.3 is 0 Å². The number of aromatic nitrogens is 2. The van der Waals surface area contributed by atoms with Crippen LogP contribution in [0.2, 0.25) is 0 Å². The number of Topliss-reactive ketones (excluding diaryl/α,β-unsaturated/α-hetero) is 1. The lowest BCUT2D eigenvalue weighted by Gasteiger charge is -2.12. The first-order chi connectivity index (χ1) is 13.1. The summed E-state index contributed by atoms with van der Waals surface area (Å²) >= 11 is 6.47. The van der Waals surface area contributed by atoms with Crippen LogP contribution in [0.4, 0.5) is 0 Å². The molecule has 0 aliphatic heterocycles. The highest BCUT2D eigenvalue weighted by Gasteiger charge is 2.23. The summed E-state index contributed by atoms with van der Waals surface area (Å²) in [4.78, 5) is 33.6. The molecule has 2 aromatic heterocycles. The zero-order valence-corrected chi connectivity index (χ0v) is 18.2. The molecule has 1 aliphatic rings. The Bertz CT molecular complexity index is 1070. The van der Waals surface area contributed by atoms with Crippen LogP contribution in [0.25, 0.3) is 10.2 Å². The Labute approximate surface area is 174 Å². The number of thioether (sulfide) groups is 1. The maximum absolute atomic E-state index is 13.1. The van der Waals surface area contributed by atoms with Crippen molar-refractivity contribution in [1.82, 2.24) is 9.55 Å². The minimum absolute atomic E-state index is 0.0566. The van der Waals surface area contributed by atoms with Crippen molar-refractivity contribution in [2.75, 3.05) is 5.75 Å². The number of fused-ring (bicyclic) bond motifs is 3. The van der Waals surface area contributed by atoms with E-state index in [1.807, 2.05) is 31.2 Å². The van der Waals surface area contributed by atoms with Crippen molar-refractivity contribution in [2.45, 2.75) is 44.0 Å². The van der Waals surface area contributed by atoms with Gasteiger partial charge in [0.2, 0.25) is 5.78 Å².